The predicted molar refractivity (Wildman–Crippen MR) is 89.2 cm³/mol. The number of benzene rings is 1. The highest BCUT2D eigenvalue weighted by Crippen LogP contribution is 2.31. The van der Waals surface area contributed by atoms with Crippen molar-refractivity contribution in [2.75, 3.05) is 44.7 Å². The lowest BCUT2D eigenvalue weighted by Gasteiger charge is -2.34. The number of ether oxygens (including phenoxy) is 1. The number of nitro groups is 1. The van der Waals surface area contributed by atoms with E-state index >= 15 is 0 Å². The molecular formula is C15H22ClN3O4. The number of anilines is 1. The Hall–Kier alpha value is -1.41. The first kappa shape index (κ1) is 17.9. The van der Waals surface area contributed by atoms with Crippen LogP contribution in [-0.4, -0.2) is 59.9 Å². The summed E-state index contributed by atoms with van der Waals surface area (Å²) in [5, 5.41) is 24.8. The van der Waals surface area contributed by atoms with Crippen molar-refractivity contribution in [3.05, 3.63) is 32.8 Å². The number of β-amino-alcohol motifs (C(OH)–C–C–N with tert-alkyl or cyclic N) is 1. The fraction of sp³-hybridized carbons (Fsp3) is 0.600. The standard InChI is InChI=1S/C15H22ClN3O4/c1-11-7-12(19(21)22)8-13(16)14(11)17-9-15(2,20)10-18-3-5-23-6-4-18/h7-8,17,20H,3-6,9-10H2,1-2H3. The molecule has 0 amide bonds. The number of morpholine rings is 1. The van der Waals surface area contributed by atoms with Crippen LogP contribution in [0.3, 0.4) is 0 Å². The van der Waals surface area contributed by atoms with Gasteiger partial charge in [-0.05, 0) is 19.4 Å². The van der Waals surface area contributed by atoms with E-state index in [0.29, 0.717) is 37.6 Å². The van der Waals surface area contributed by atoms with Gasteiger partial charge in [0.2, 0.25) is 0 Å². The number of nitro benzene ring substituents is 1. The van der Waals surface area contributed by atoms with Crippen LogP contribution in [0.1, 0.15) is 12.5 Å². The number of halogens is 1. The predicted octanol–water partition coefficient (Wildman–Crippen LogP) is 2.05. The molecule has 1 aliphatic heterocycles. The van der Waals surface area contributed by atoms with Crippen molar-refractivity contribution in [3.8, 4) is 0 Å². The first-order chi connectivity index (χ1) is 10.8. The van der Waals surface area contributed by atoms with Gasteiger partial charge in [0, 0.05) is 38.3 Å². The van der Waals surface area contributed by atoms with Crippen molar-refractivity contribution >= 4 is 23.0 Å². The molecule has 0 aromatic heterocycles. The Labute approximate surface area is 140 Å². The van der Waals surface area contributed by atoms with Crippen LogP contribution in [0.2, 0.25) is 5.02 Å². The molecule has 0 spiro atoms. The van der Waals surface area contributed by atoms with E-state index in [1.54, 1.807) is 13.8 Å². The molecule has 1 unspecified atom stereocenters. The Kier molecular flexibility index (Phi) is 5.80. The van der Waals surface area contributed by atoms with E-state index in [2.05, 4.69) is 10.2 Å². The van der Waals surface area contributed by atoms with Gasteiger partial charge in [-0.1, -0.05) is 11.6 Å². The van der Waals surface area contributed by atoms with Gasteiger partial charge in [-0.15, -0.1) is 0 Å². The summed E-state index contributed by atoms with van der Waals surface area (Å²) < 4.78 is 5.29. The summed E-state index contributed by atoms with van der Waals surface area (Å²) in [5.74, 6) is 0. The first-order valence-electron chi connectivity index (χ1n) is 7.49. The van der Waals surface area contributed by atoms with Gasteiger partial charge in [0.05, 0.1) is 34.4 Å². The zero-order chi connectivity index (χ0) is 17.0. The third-order valence-corrected chi connectivity index (χ3v) is 4.10. The minimum atomic E-state index is -0.950. The normalized spacial score (nSPS) is 18.4. The van der Waals surface area contributed by atoms with Crippen LogP contribution in [0.25, 0.3) is 0 Å². The molecular weight excluding hydrogens is 322 g/mol. The molecule has 1 heterocycles. The number of hydrogen-bond donors (Lipinski definition) is 2. The summed E-state index contributed by atoms with van der Waals surface area (Å²) >= 11 is 6.12. The molecule has 1 atom stereocenters. The summed E-state index contributed by atoms with van der Waals surface area (Å²) in [5.41, 5.74) is 0.290. The molecule has 2 N–H and O–H groups in total. The van der Waals surface area contributed by atoms with Gasteiger partial charge in [-0.3, -0.25) is 15.0 Å². The van der Waals surface area contributed by atoms with E-state index in [1.807, 2.05) is 0 Å². The van der Waals surface area contributed by atoms with Crippen molar-refractivity contribution in [2.45, 2.75) is 19.4 Å². The van der Waals surface area contributed by atoms with Crippen LogP contribution in [0.15, 0.2) is 12.1 Å². The smallest absolute Gasteiger partial charge is 0.271 e. The van der Waals surface area contributed by atoms with Crippen LogP contribution < -0.4 is 5.32 Å². The molecule has 1 aliphatic rings. The lowest BCUT2D eigenvalue weighted by atomic mass is 10.1. The van der Waals surface area contributed by atoms with Crippen LogP contribution in [0.4, 0.5) is 11.4 Å². The molecule has 1 fully saturated rings. The Morgan fingerprint density at radius 2 is 2.13 bits per heavy atom. The van der Waals surface area contributed by atoms with E-state index in [0.717, 1.165) is 13.1 Å². The maximum Gasteiger partial charge on any atom is 0.271 e. The fourth-order valence-corrected chi connectivity index (χ4v) is 2.96. The monoisotopic (exact) mass is 343 g/mol. The van der Waals surface area contributed by atoms with E-state index in [-0.39, 0.29) is 10.7 Å². The quantitative estimate of drug-likeness (QED) is 0.607. The van der Waals surface area contributed by atoms with Gasteiger partial charge in [0.25, 0.3) is 5.69 Å². The van der Waals surface area contributed by atoms with Gasteiger partial charge < -0.3 is 15.2 Å². The number of non-ortho nitro benzene ring substituents is 1. The lowest BCUT2D eigenvalue weighted by Crippen LogP contribution is -2.49. The van der Waals surface area contributed by atoms with Crippen LogP contribution in [0, 0.1) is 17.0 Å². The van der Waals surface area contributed by atoms with Crippen molar-refractivity contribution in [1.82, 2.24) is 4.90 Å². The Bertz CT molecular complexity index is 551. The van der Waals surface area contributed by atoms with E-state index < -0.39 is 10.5 Å². The molecule has 0 radical (unpaired) electrons. The zero-order valence-corrected chi connectivity index (χ0v) is 14.1. The zero-order valence-electron chi connectivity index (χ0n) is 13.3. The van der Waals surface area contributed by atoms with Crippen LogP contribution >= 0.6 is 11.6 Å². The molecule has 0 bridgehead atoms. The molecule has 2 rings (SSSR count). The number of hydrogen-bond acceptors (Lipinski definition) is 6. The highest BCUT2D eigenvalue weighted by Gasteiger charge is 2.26. The summed E-state index contributed by atoms with van der Waals surface area (Å²) in [6, 6.07) is 2.78. The van der Waals surface area contributed by atoms with Gasteiger partial charge in [-0.25, -0.2) is 0 Å². The van der Waals surface area contributed by atoms with E-state index in [4.69, 9.17) is 16.3 Å². The SMILES string of the molecule is Cc1cc([N+](=O)[O-])cc(Cl)c1NCC(C)(O)CN1CCOCC1. The highest BCUT2D eigenvalue weighted by molar-refractivity contribution is 6.33. The molecule has 8 heteroatoms. The summed E-state index contributed by atoms with van der Waals surface area (Å²) in [6.07, 6.45) is 0. The second-order valence-corrected chi connectivity index (χ2v) is 6.52. The average molecular weight is 344 g/mol. The van der Waals surface area contributed by atoms with E-state index in [1.165, 1.54) is 12.1 Å². The molecule has 23 heavy (non-hydrogen) atoms. The maximum atomic E-state index is 10.8. The second-order valence-electron chi connectivity index (χ2n) is 6.12. The van der Waals surface area contributed by atoms with Crippen molar-refractivity contribution in [1.29, 1.82) is 0 Å². The lowest BCUT2D eigenvalue weighted by molar-refractivity contribution is -0.384. The minimum Gasteiger partial charge on any atom is -0.387 e. The van der Waals surface area contributed by atoms with Gasteiger partial charge >= 0.3 is 0 Å². The van der Waals surface area contributed by atoms with Gasteiger partial charge in [0.1, 0.15) is 0 Å². The second kappa shape index (κ2) is 7.44. The van der Waals surface area contributed by atoms with Crippen molar-refractivity contribution in [2.24, 2.45) is 0 Å². The van der Waals surface area contributed by atoms with Gasteiger partial charge in [0.15, 0.2) is 0 Å². The van der Waals surface area contributed by atoms with Crippen LogP contribution in [0.5, 0.6) is 0 Å². The first-order valence-corrected chi connectivity index (χ1v) is 7.87. The topological polar surface area (TPSA) is 87.9 Å². The van der Waals surface area contributed by atoms with Crippen LogP contribution in [-0.2, 0) is 4.74 Å². The largest absolute Gasteiger partial charge is 0.387 e. The molecule has 0 saturated carbocycles. The highest BCUT2D eigenvalue weighted by atomic mass is 35.5. The van der Waals surface area contributed by atoms with Crippen molar-refractivity contribution < 1.29 is 14.8 Å². The number of aliphatic hydroxyl groups is 1. The minimum absolute atomic E-state index is 0.0434. The molecule has 7 nitrogen and oxygen atoms in total. The average Bonchev–Trinajstić information content (AvgIpc) is 2.46. The maximum absolute atomic E-state index is 10.8. The number of nitrogens with zero attached hydrogens (tertiary/aromatic N) is 2. The third kappa shape index (κ3) is 5.04. The van der Waals surface area contributed by atoms with Crippen molar-refractivity contribution in [3.63, 3.8) is 0 Å². The molecule has 0 aliphatic carbocycles. The Balaban J connectivity index is 2.00. The summed E-state index contributed by atoms with van der Waals surface area (Å²) in [7, 11) is 0. The molecule has 1 saturated heterocycles. The molecule has 1 aromatic carbocycles. The number of aryl methyl sites for hydroxylation is 1. The molecule has 1 aromatic rings. The van der Waals surface area contributed by atoms with Gasteiger partial charge in [-0.2, -0.15) is 0 Å². The summed E-state index contributed by atoms with van der Waals surface area (Å²) in [4.78, 5) is 12.5. The number of rotatable bonds is 6. The number of nitrogens with one attached hydrogen (secondary N) is 1. The third-order valence-electron chi connectivity index (χ3n) is 3.80. The Morgan fingerprint density at radius 3 is 2.70 bits per heavy atom. The fourth-order valence-electron chi connectivity index (χ4n) is 2.63. The Morgan fingerprint density at radius 1 is 1.48 bits per heavy atom. The van der Waals surface area contributed by atoms with E-state index in [9.17, 15) is 15.2 Å². The molecule has 128 valence electrons. The summed E-state index contributed by atoms with van der Waals surface area (Å²) in [6.45, 7) is 7.27.